The highest BCUT2D eigenvalue weighted by molar-refractivity contribution is 14.1. The summed E-state index contributed by atoms with van der Waals surface area (Å²) in [6.45, 7) is 0. The Labute approximate surface area is 60.7 Å². The van der Waals surface area contributed by atoms with Crippen LogP contribution < -0.4 is 0 Å². The van der Waals surface area contributed by atoms with Gasteiger partial charge >= 0.3 is 4.83 Å². The molecule has 0 bridgehead atoms. The maximum atomic E-state index is 11.4. The first-order valence-corrected chi connectivity index (χ1v) is 3.33. The van der Waals surface area contributed by atoms with Crippen LogP contribution in [-0.2, 0) is 0 Å². The molecule has 0 aliphatic carbocycles. The van der Waals surface area contributed by atoms with E-state index in [1.807, 2.05) is 15.9 Å². The molecular formula is C2HBrF3I. The lowest BCUT2D eigenvalue weighted by Crippen LogP contribution is -2.14. The summed E-state index contributed by atoms with van der Waals surface area (Å²) in [6.07, 6.45) is 0. The molecule has 0 aromatic rings. The van der Waals surface area contributed by atoms with E-state index in [1.54, 1.807) is 0 Å². The second-order valence-corrected chi connectivity index (χ2v) is 2.99. The number of alkyl halides is 5. The van der Waals surface area contributed by atoms with Crippen molar-refractivity contribution in [2.75, 3.05) is 0 Å². The van der Waals surface area contributed by atoms with E-state index in [0.717, 1.165) is 22.6 Å². The van der Waals surface area contributed by atoms with Gasteiger partial charge in [-0.1, -0.05) is 0 Å². The van der Waals surface area contributed by atoms with Gasteiger partial charge in [0.2, 0.25) is 4.18 Å². The van der Waals surface area contributed by atoms with Crippen molar-refractivity contribution in [2.24, 2.45) is 0 Å². The SMILES string of the molecule is FC(I)C(F)(F)Br. The molecule has 0 saturated carbocycles. The molecule has 0 amide bonds. The highest BCUT2D eigenvalue weighted by atomic mass is 127. The van der Waals surface area contributed by atoms with Gasteiger partial charge in [0, 0.05) is 0 Å². The largest absolute Gasteiger partial charge is 0.340 e. The van der Waals surface area contributed by atoms with Crippen LogP contribution in [0.2, 0.25) is 0 Å². The summed E-state index contributed by atoms with van der Waals surface area (Å²) in [5, 5.41) is 0. The molecule has 1 unspecified atom stereocenters. The fourth-order valence-corrected chi connectivity index (χ4v) is 0. The van der Waals surface area contributed by atoms with Crippen molar-refractivity contribution in [2.45, 2.75) is 9.01 Å². The summed E-state index contributed by atoms with van der Waals surface area (Å²) in [4.78, 5) is -3.37. The third-order valence-electron chi connectivity index (χ3n) is 0.247. The molecule has 5 heteroatoms. The van der Waals surface area contributed by atoms with Crippen LogP contribution in [-0.4, -0.2) is 9.01 Å². The molecule has 0 aliphatic rings. The van der Waals surface area contributed by atoms with E-state index in [-0.39, 0.29) is 0 Å². The predicted octanol–water partition coefficient (Wildman–Crippen LogP) is 2.70. The lowest BCUT2D eigenvalue weighted by molar-refractivity contribution is 0.0727. The normalized spacial score (nSPS) is 16.7. The number of hydrogen-bond acceptors (Lipinski definition) is 0. The van der Waals surface area contributed by atoms with Gasteiger partial charge in [-0.25, -0.2) is 4.39 Å². The summed E-state index contributed by atoms with van der Waals surface area (Å²) >= 11 is 2.81. The summed E-state index contributed by atoms with van der Waals surface area (Å²) in [5.74, 6) is 0. The zero-order valence-corrected chi connectivity index (χ0v) is 6.71. The van der Waals surface area contributed by atoms with Crippen molar-refractivity contribution in [1.29, 1.82) is 0 Å². The Morgan fingerprint density at radius 1 is 1.57 bits per heavy atom. The standard InChI is InChI=1S/C2HBrF3I/c3-2(5,6)1(4)7/h1H. The van der Waals surface area contributed by atoms with Gasteiger partial charge in [0.15, 0.2) is 0 Å². The lowest BCUT2D eigenvalue weighted by atomic mass is 10.8. The van der Waals surface area contributed by atoms with Crippen LogP contribution in [0, 0.1) is 0 Å². The first-order chi connectivity index (χ1) is 2.94. The van der Waals surface area contributed by atoms with E-state index in [2.05, 4.69) is 0 Å². The van der Waals surface area contributed by atoms with Gasteiger partial charge in [-0.05, 0) is 38.5 Å². The predicted molar refractivity (Wildman–Crippen MR) is 32.8 cm³/mol. The average molecular weight is 289 g/mol. The molecule has 0 spiro atoms. The van der Waals surface area contributed by atoms with Crippen LogP contribution in [0.4, 0.5) is 13.2 Å². The molecular weight excluding hydrogens is 288 g/mol. The van der Waals surface area contributed by atoms with Crippen molar-refractivity contribution in [1.82, 2.24) is 0 Å². The molecule has 44 valence electrons. The van der Waals surface area contributed by atoms with Gasteiger partial charge < -0.3 is 0 Å². The van der Waals surface area contributed by atoms with Crippen molar-refractivity contribution >= 4 is 38.5 Å². The zero-order valence-electron chi connectivity index (χ0n) is 2.97. The summed E-state index contributed by atoms with van der Waals surface area (Å²) in [6, 6.07) is 0. The molecule has 0 N–H and O–H groups in total. The van der Waals surface area contributed by atoms with E-state index < -0.39 is 9.01 Å². The Balaban J connectivity index is 3.54. The maximum Gasteiger partial charge on any atom is 0.340 e. The van der Waals surface area contributed by atoms with Crippen LogP contribution in [0.1, 0.15) is 0 Å². The summed E-state index contributed by atoms with van der Waals surface area (Å²) < 4.78 is 32.0. The van der Waals surface area contributed by atoms with Gasteiger partial charge in [-0.15, -0.1) is 0 Å². The Morgan fingerprint density at radius 3 is 1.71 bits per heavy atom. The van der Waals surface area contributed by atoms with E-state index in [4.69, 9.17) is 0 Å². The monoisotopic (exact) mass is 288 g/mol. The third kappa shape index (κ3) is 3.57. The minimum absolute atomic E-state index is 0.986. The van der Waals surface area contributed by atoms with E-state index >= 15 is 0 Å². The fourth-order valence-electron chi connectivity index (χ4n) is 0. The van der Waals surface area contributed by atoms with Crippen molar-refractivity contribution < 1.29 is 13.2 Å². The number of rotatable bonds is 1. The van der Waals surface area contributed by atoms with Crippen LogP contribution >= 0.6 is 38.5 Å². The number of halogens is 5. The van der Waals surface area contributed by atoms with Gasteiger partial charge in [0.25, 0.3) is 0 Å². The molecule has 0 aromatic carbocycles. The Bertz CT molecular complexity index is 58.4. The minimum atomic E-state index is -3.37. The molecule has 0 heterocycles. The first kappa shape index (κ1) is 8.00. The van der Waals surface area contributed by atoms with E-state index in [1.165, 1.54) is 0 Å². The molecule has 7 heavy (non-hydrogen) atoms. The quantitative estimate of drug-likeness (QED) is 0.514. The van der Waals surface area contributed by atoms with Crippen molar-refractivity contribution in [3.63, 3.8) is 0 Å². The second kappa shape index (κ2) is 2.52. The molecule has 0 aliphatic heterocycles. The molecule has 0 nitrogen and oxygen atoms in total. The molecule has 0 saturated heterocycles. The zero-order chi connectivity index (χ0) is 6.08. The van der Waals surface area contributed by atoms with Crippen LogP contribution in [0.3, 0.4) is 0 Å². The topological polar surface area (TPSA) is 0 Å². The smallest absolute Gasteiger partial charge is 0.228 e. The van der Waals surface area contributed by atoms with Gasteiger partial charge in [0.05, 0.1) is 0 Å². The van der Waals surface area contributed by atoms with Gasteiger partial charge in [-0.2, -0.15) is 8.78 Å². The fraction of sp³-hybridized carbons (Fsp3) is 1.00. The highest BCUT2D eigenvalue weighted by Crippen LogP contribution is 2.31. The Morgan fingerprint density at radius 2 is 1.71 bits per heavy atom. The van der Waals surface area contributed by atoms with Crippen molar-refractivity contribution in [3.05, 3.63) is 0 Å². The summed E-state index contributed by atoms with van der Waals surface area (Å²) in [5.41, 5.74) is 0. The summed E-state index contributed by atoms with van der Waals surface area (Å²) in [7, 11) is 0. The first-order valence-electron chi connectivity index (χ1n) is 1.29. The van der Waals surface area contributed by atoms with E-state index in [0.29, 0.717) is 0 Å². The third-order valence-corrected chi connectivity index (χ3v) is 2.29. The van der Waals surface area contributed by atoms with Crippen LogP contribution in [0.15, 0.2) is 0 Å². The molecule has 1 atom stereocenters. The maximum absolute atomic E-state index is 11.4. The van der Waals surface area contributed by atoms with Crippen LogP contribution in [0.25, 0.3) is 0 Å². The van der Waals surface area contributed by atoms with E-state index in [9.17, 15) is 13.2 Å². The molecule has 0 radical (unpaired) electrons. The molecule has 0 fully saturated rings. The highest BCUT2D eigenvalue weighted by Gasteiger charge is 2.34. The average Bonchev–Trinajstić information content (AvgIpc) is 1.31. The Hall–Kier alpha value is 1.000. The van der Waals surface area contributed by atoms with Crippen LogP contribution in [0.5, 0.6) is 0 Å². The van der Waals surface area contributed by atoms with Crippen molar-refractivity contribution in [3.8, 4) is 0 Å². The van der Waals surface area contributed by atoms with Gasteiger partial charge in [0.1, 0.15) is 0 Å². The van der Waals surface area contributed by atoms with Gasteiger partial charge in [-0.3, -0.25) is 0 Å². The molecule has 0 rings (SSSR count). The molecule has 0 aromatic heterocycles. The Kier molecular flexibility index (Phi) is 2.88. The lowest BCUT2D eigenvalue weighted by Gasteiger charge is -2.04. The second-order valence-electron chi connectivity index (χ2n) is 0.842. The number of hydrogen-bond donors (Lipinski definition) is 0. The minimum Gasteiger partial charge on any atom is -0.228 e.